The zero-order chi connectivity index (χ0) is 23.3. The van der Waals surface area contributed by atoms with Crippen molar-refractivity contribution in [1.29, 1.82) is 0 Å². The van der Waals surface area contributed by atoms with Crippen molar-refractivity contribution in [3.8, 4) is 17.2 Å². The number of carbonyl (C=O) groups excluding carboxylic acids is 1. The minimum atomic E-state index is -3.77. The summed E-state index contributed by atoms with van der Waals surface area (Å²) in [7, 11) is -3.77. The molecule has 0 atom stereocenters. The number of hydrogen-bond donors (Lipinski definition) is 1. The second-order valence-electron chi connectivity index (χ2n) is 7.45. The van der Waals surface area contributed by atoms with Gasteiger partial charge < -0.3 is 14.8 Å². The Bertz CT molecular complexity index is 1230. The molecule has 7 nitrogen and oxygen atoms in total. The Morgan fingerprint density at radius 1 is 0.939 bits per heavy atom. The average Bonchev–Trinajstić information content (AvgIpc) is 3.36. The number of sulfonamides is 1. The summed E-state index contributed by atoms with van der Waals surface area (Å²) in [4.78, 5) is 12.6. The fourth-order valence-corrected chi connectivity index (χ4v) is 5.39. The largest absolute Gasteiger partial charge is 0.482 e. The van der Waals surface area contributed by atoms with Gasteiger partial charge in [-0.1, -0.05) is 41.9 Å². The first-order valence-corrected chi connectivity index (χ1v) is 12.3. The van der Waals surface area contributed by atoms with E-state index in [9.17, 15) is 13.2 Å². The number of nitrogens with one attached hydrogen (secondary N) is 1. The van der Waals surface area contributed by atoms with E-state index in [4.69, 9.17) is 21.1 Å². The van der Waals surface area contributed by atoms with E-state index in [1.165, 1.54) is 22.5 Å². The number of carbonyl (C=O) groups is 1. The van der Waals surface area contributed by atoms with Gasteiger partial charge in [-0.05, 0) is 55.3 Å². The first-order valence-electron chi connectivity index (χ1n) is 10.5. The predicted molar refractivity (Wildman–Crippen MR) is 127 cm³/mol. The van der Waals surface area contributed by atoms with Crippen LogP contribution in [0, 0.1) is 0 Å². The Morgan fingerprint density at radius 3 is 2.39 bits per heavy atom. The van der Waals surface area contributed by atoms with Crippen LogP contribution in [0.2, 0.25) is 5.02 Å². The zero-order valence-corrected chi connectivity index (χ0v) is 19.3. The average molecular weight is 487 g/mol. The van der Waals surface area contributed by atoms with E-state index in [-0.39, 0.29) is 22.3 Å². The number of rotatable bonds is 8. The molecule has 1 aliphatic rings. The Labute approximate surface area is 197 Å². The van der Waals surface area contributed by atoms with Gasteiger partial charge in [-0.2, -0.15) is 4.31 Å². The molecular weight excluding hydrogens is 464 g/mol. The van der Waals surface area contributed by atoms with E-state index in [0.29, 0.717) is 30.3 Å². The van der Waals surface area contributed by atoms with Crippen LogP contribution in [-0.2, 0) is 14.8 Å². The smallest absolute Gasteiger partial charge is 0.262 e. The van der Waals surface area contributed by atoms with Crippen molar-refractivity contribution in [2.75, 3.05) is 25.0 Å². The van der Waals surface area contributed by atoms with Crippen molar-refractivity contribution in [1.82, 2.24) is 4.31 Å². The van der Waals surface area contributed by atoms with Gasteiger partial charge in [0.1, 0.15) is 16.4 Å². The van der Waals surface area contributed by atoms with Crippen molar-refractivity contribution >= 4 is 33.2 Å². The third-order valence-corrected chi connectivity index (χ3v) is 7.23. The Hall–Kier alpha value is -3.07. The SMILES string of the molecule is O=C(COc1ccc(Cl)cc1S(=O)(=O)N1CCCC1)Nc1ccccc1Oc1ccccc1. The molecule has 1 amide bonds. The first-order chi connectivity index (χ1) is 15.9. The van der Waals surface area contributed by atoms with Gasteiger partial charge >= 0.3 is 0 Å². The third-order valence-electron chi connectivity index (χ3n) is 5.08. The van der Waals surface area contributed by atoms with E-state index in [1.54, 1.807) is 24.3 Å². The molecule has 0 saturated carbocycles. The summed E-state index contributed by atoms with van der Waals surface area (Å²) in [5.41, 5.74) is 0.468. The van der Waals surface area contributed by atoms with Gasteiger partial charge in [-0.3, -0.25) is 4.79 Å². The summed E-state index contributed by atoms with van der Waals surface area (Å²) in [5.74, 6) is 0.725. The van der Waals surface area contributed by atoms with E-state index >= 15 is 0 Å². The van der Waals surface area contributed by atoms with E-state index in [2.05, 4.69) is 5.32 Å². The van der Waals surface area contributed by atoms with E-state index in [1.807, 2.05) is 30.3 Å². The molecule has 172 valence electrons. The van der Waals surface area contributed by atoms with Crippen LogP contribution < -0.4 is 14.8 Å². The Balaban J connectivity index is 1.46. The third kappa shape index (κ3) is 5.65. The lowest BCUT2D eigenvalue weighted by atomic mass is 10.3. The lowest BCUT2D eigenvalue weighted by molar-refractivity contribution is -0.118. The molecule has 0 unspecified atom stereocenters. The highest BCUT2D eigenvalue weighted by Gasteiger charge is 2.30. The maximum absolute atomic E-state index is 13.0. The Kier molecular flexibility index (Phi) is 7.17. The molecule has 1 heterocycles. The van der Waals surface area contributed by atoms with Crippen LogP contribution in [0.4, 0.5) is 5.69 Å². The van der Waals surface area contributed by atoms with Crippen LogP contribution in [0.1, 0.15) is 12.8 Å². The molecule has 0 aromatic heterocycles. The summed E-state index contributed by atoms with van der Waals surface area (Å²) in [6.45, 7) is 0.518. The van der Waals surface area contributed by atoms with Gasteiger partial charge in [0.2, 0.25) is 10.0 Å². The normalized spacial score (nSPS) is 14.1. The van der Waals surface area contributed by atoms with Crippen molar-refractivity contribution < 1.29 is 22.7 Å². The zero-order valence-electron chi connectivity index (χ0n) is 17.7. The second-order valence-corrected chi connectivity index (χ2v) is 9.79. The maximum Gasteiger partial charge on any atom is 0.262 e. The molecule has 1 fully saturated rings. The number of halogens is 1. The molecule has 1 N–H and O–H groups in total. The van der Waals surface area contributed by atoms with E-state index in [0.717, 1.165) is 12.8 Å². The summed E-state index contributed by atoms with van der Waals surface area (Å²) in [6, 6.07) is 20.6. The van der Waals surface area contributed by atoms with Crippen molar-refractivity contribution in [2.45, 2.75) is 17.7 Å². The fraction of sp³-hybridized carbons (Fsp3) is 0.208. The topological polar surface area (TPSA) is 84.9 Å². The van der Waals surface area contributed by atoms with Gasteiger partial charge in [0, 0.05) is 18.1 Å². The molecule has 3 aromatic carbocycles. The monoisotopic (exact) mass is 486 g/mol. The molecule has 33 heavy (non-hydrogen) atoms. The van der Waals surface area contributed by atoms with Crippen LogP contribution in [0.15, 0.2) is 77.7 Å². The van der Waals surface area contributed by atoms with Gasteiger partial charge in [-0.25, -0.2) is 8.42 Å². The maximum atomic E-state index is 13.0. The molecule has 4 rings (SSSR count). The molecular formula is C24H23ClN2O5S. The van der Waals surface area contributed by atoms with Gasteiger partial charge in [0.05, 0.1) is 5.69 Å². The number of ether oxygens (including phenoxy) is 2. The van der Waals surface area contributed by atoms with E-state index < -0.39 is 15.9 Å². The number of anilines is 1. The molecule has 0 spiro atoms. The van der Waals surface area contributed by atoms with Crippen LogP contribution in [-0.4, -0.2) is 38.3 Å². The van der Waals surface area contributed by atoms with Crippen LogP contribution in [0.3, 0.4) is 0 Å². The number of para-hydroxylation sites is 3. The number of nitrogens with zero attached hydrogens (tertiary/aromatic N) is 1. The molecule has 1 saturated heterocycles. The van der Waals surface area contributed by atoms with Crippen molar-refractivity contribution in [3.63, 3.8) is 0 Å². The quantitative estimate of drug-likeness (QED) is 0.487. The highest BCUT2D eigenvalue weighted by atomic mass is 35.5. The van der Waals surface area contributed by atoms with Gasteiger partial charge in [-0.15, -0.1) is 0 Å². The predicted octanol–water partition coefficient (Wildman–Crippen LogP) is 4.93. The lowest BCUT2D eigenvalue weighted by Crippen LogP contribution is -2.28. The molecule has 9 heteroatoms. The highest BCUT2D eigenvalue weighted by Crippen LogP contribution is 2.32. The molecule has 0 aliphatic carbocycles. The van der Waals surface area contributed by atoms with Crippen molar-refractivity contribution in [3.05, 3.63) is 77.8 Å². The van der Waals surface area contributed by atoms with Crippen molar-refractivity contribution in [2.24, 2.45) is 0 Å². The first kappa shape index (κ1) is 23.1. The number of hydrogen-bond acceptors (Lipinski definition) is 5. The molecule has 0 bridgehead atoms. The van der Waals surface area contributed by atoms with Gasteiger partial charge in [0.15, 0.2) is 12.4 Å². The van der Waals surface area contributed by atoms with Gasteiger partial charge in [0.25, 0.3) is 5.91 Å². The summed E-state index contributed by atoms with van der Waals surface area (Å²) in [5, 5.41) is 3.03. The Morgan fingerprint density at radius 2 is 1.64 bits per heavy atom. The summed E-state index contributed by atoms with van der Waals surface area (Å²) in [6.07, 6.45) is 1.62. The number of benzene rings is 3. The van der Waals surface area contributed by atoms with Crippen LogP contribution in [0.5, 0.6) is 17.2 Å². The summed E-state index contributed by atoms with van der Waals surface area (Å²) < 4.78 is 38.9. The minimum Gasteiger partial charge on any atom is -0.482 e. The summed E-state index contributed by atoms with van der Waals surface area (Å²) >= 11 is 6.05. The standard InChI is InChI=1S/C24H23ClN2O5S/c25-18-12-13-22(23(16-18)33(29,30)27-14-6-7-15-27)31-17-24(28)26-20-10-4-5-11-21(20)32-19-8-2-1-3-9-19/h1-5,8-13,16H,6-7,14-15,17H2,(H,26,28). The van der Waals surface area contributed by atoms with Crippen LogP contribution >= 0.6 is 11.6 Å². The second kappa shape index (κ2) is 10.2. The van der Waals surface area contributed by atoms with Crippen LogP contribution in [0.25, 0.3) is 0 Å². The fourth-order valence-electron chi connectivity index (χ4n) is 3.47. The molecule has 3 aromatic rings. The highest BCUT2D eigenvalue weighted by molar-refractivity contribution is 7.89. The minimum absolute atomic E-state index is 0.0440. The molecule has 0 radical (unpaired) electrons. The molecule has 1 aliphatic heterocycles. The number of amides is 1. The lowest BCUT2D eigenvalue weighted by Gasteiger charge is -2.18.